The number of nitrogen functional groups attached to an aromatic ring is 1. The van der Waals surface area contributed by atoms with Crippen LogP contribution in [0.4, 0.5) is 5.69 Å². The van der Waals surface area contributed by atoms with Crippen molar-refractivity contribution in [3.05, 3.63) is 16.9 Å². The van der Waals surface area contributed by atoms with E-state index >= 15 is 0 Å². The zero-order chi connectivity index (χ0) is 10.1. The Balaban J connectivity index is 2.32. The Bertz CT molecular complexity index is 409. The summed E-state index contributed by atoms with van der Waals surface area (Å²) >= 11 is 5.81. The summed E-state index contributed by atoms with van der Waals surface area (Å²) in [6.07, 6.45) is 2.31. The van der Waals surface area contributed by atoms with Crippen molar-refractivity contribution in [2.24, 2.45) is 0 Å². The first-order valence-corrected chi connectivity index (χ1v) is 4.61. The van der Waals surface area contributed by atoms with Crippen molar-refractivity contribution >= 4 is 17.3 Å². The number of halogens is 1. The average Bonchev–Trinajstić information content (AvgIpc) is 2.94. The van der Waals surface area contributed by atoms with Gasteiger partial charge in [-0.15, -0.1) is 0 Å². The highest BCUT2D eigenvalue weighted by Crippen LogP contribution is 2.32. The maximum atomic E-state index is 8.64. The highest BCUT2D eigenvalue weighted by molar-refractivity contribution is 6.31. The number of aromatic nitrogens is 1. The smallest absolute Gasteiger partial charge is 0.172 e. The third kappa shape index (κ3) is 1.73. The standard InChI is InChI=1S/C9H8ClN3O/c10-9-8(14-5-1-2-5)3-6(12)7(4-11)13-9/h3,5H,1-2,12H2. The van der Waals surface area contributed by atoms with Crippen LogP contribution in [0.25, 0.3) is 0 Å². The Kier molecular flexibility index (Phi) is 2.18. The molecule has 1 aliphatic carbocycles. The zero-order valence-corrected chi connectivity index (χ0v) is 8.08. The molecule has 1 saturated carbocycles. The highest BCUT2D eigenvalue weighted by atomic mass is 35.5. The molecule has 1 fully saturated rings. The van der Waals surface area contributed by atoms with Crippen molar-refractivity contribution in [1.29, 1.82) is 5.26 Å². The molecule has 0 bridgehead atoms. The molecular weight excluding hydrogens is 202 g/mol. The minimum atomic E-state index is 0.137. The van der Waals surface area contributed by atoms with Gasteiger partial charge in [0.15, 0.2) is 16.6 Å². The summed E-state index contributed by atoms with van der Waals surface area (Å²) in [5, 5.41) is 8.83. The fraction of sp³-hybridized carbons (Fsp3) is 0.333. The second kappa shape index (κ2) is 3.35. The lowest BCUT2D eigenvalue weighted by molar-refractivity contribution is 0.302. The predicted molar refractivity (Wildman–Crippen MR) is 52.0 cm³/mol. The van der Waals surface area contributed by atoms with Gasteiger partial charge < -0.3 is 10.5 Å². The Labute approximate surface area is 86.3 Å². The summed E-state index contributed by atoms with van der Waals surface area (Å²) < 4.78 is 5.45. The Hall–Kier alpha value is -1.47. The van der Waals surface area contributed by atoms with Gasteiger partial charge in [0.25, 0.3) is 0 Å². The number of ether oxygens (including phenoxy) is 1. The van der Waals surface area contributed by atoms with Gasteiger partial charge in [-0.25, -0.2) is 4.98 Å². The molecule has 0 aromatic carbocycles. The van der Waals surface area contributed by atoms with E-state index in [2.05, 4.69) is 4.98 Å². The maximum absolute atomic E-state index is 8.64. The van der Waals surface area contributed by atoms with E-state index in [1.807, 2.05) is 6.07 Å². The SMILES string of the molecule is N#Cc1nc(Cl)c(OC2CC2)cc1N. The van der Waals surface area contributed by atoms with Gasteiger partial charge >= 0.3 is 0 Å². The van der Waals surface area contributed by atoms with Crippen molar-refractivity contribution in [1.82, 2.24) is 4.98 Å². The summed E-state index contributed by atoms with van der Waals surface area (Å²) in [7, 11) is 0. The van der Waals surface area contributed by atoms with E-state index in [-0.39, 0.29) is 17.0 Å². The van der Waals surface area contributed by atoms with Crippen molar-refractivity contribution in [3.8, 4) is 11.8 Å². The lowest BCUT2D eigenvalue weighted by atomic mass is 10.3. The van der Waals surface area contributed by atoms with Gasteiger partial charge in [0.1, 0.15) is 6.07 Å². The number of nitrogens with two attached hydrogens (primary N) is 1. The molecule has 1 aromatic heterocycles. The molecule has 2 N–H and O–H groups in total. The molecule has 0 unspecified atom stereocenters. The zero-order valence-electron chi connectivity index (χ0n) is 7.33. The van der Waals surface area contributed by atoms with Crippen molar-refractivity contribution in [2.75, 3.05) is 5.73 Å². The third-order valence-electron chi connectivity index (χ3n) is 1.90. The number of hydrogen-bond donors (Lipinski definition) is 1. The number of rotatable bonds is 2. The molecule has 0 saturated heterocycles. The third-order valence-corrected chi connectivity index (χ3v) is 2.17. The first kappa shape index (κ1) is 9.10. The molecule has 1 heterocycles. The van der Waals surface area contributed by atoms with Gasteiger partial charge in [-0.3, -0.25) is 0 Å². The van der Waals surface area contributed by atoms with Crippen LogP contribution in [0.2, 0.25) is 5.15 Å². The largest absolute Gasteiger partial charge is 0.487 e. The van der Waals surface area contributed by atoms with Crippen LogP contribution in [0.5, 0.6) is 5.75 Å². The van der Waals surface area contributed by atoms with Gasteiger partial charge in [-0.2, -0.15) is 5.26 Å². The summed E-state index contributed by atoms with van der Waals surface area (Å²) in [5.74, 6) is 0.464. The molecule has 0 amide bonds. The maximum Gasteiger partial charge on any atom is 0.172 e. The Morgan fingerprint density at radius 1 is 1.64 bits per heavy atom. The van der Waals surface area contributed by atoms with E-state index in [9.17, 15) is 0 Å². The molecule has 2 rings (SSSR count). The number of anilines is 1. The normalized spacial score (nSPS) is 14.9. The van der Waals surface area contributed by atoms with Crippen LogP contribution in [-0.2, 0) is 0 Å². The van der Waals surface area contributed by atoms with Crippen molar-refractivity contribution in [3.63, 3.8) is 0 Å². The van der Waals surface area contributed by atoms with Crippen LogP contribution in [0.15, 0.2) is 6.07 Å². The Morgan fingerprint density at radius 2 is 2.36 bits per heavy atom. The van der Waals surface area contributed by atoms with Crippen LogP contribution in [0.3, 0.4) is 0 Å². The molecule has 4 nitrogen and oxygen atoms in total. The minimum absolute atomic E-state index is 0.137. The summed E-state index contributed by atoms with van der Waals surface area (Å²) in [5.41, 5.74) is 6.01. The summed E-state index contributed by atoms with van der Waals surface area (Å²) in [6, 6.07) is 3.40. The molecule has 72 valence electrons. The van der Waals surface area contributed by atoms with Crippen molar-refractivity contribution < 1.29 is 4.74 Å². The van der Waals surface area contributed by atoms with E-state index in [0.717, 1.165) is 12.8 Å². The molecule has 0 aliphatic heterocycles. The number of nitriles is 1. The summed E-state index contributed by atoms with van der Waals surface area (Å²) in [6.45, 7) is 0. The quantitative estimate of drug-likeness (QED) is 0.753. The van der Waals surface area contributed by atoms with E-state index < -0.39 is 0 Å². The molecule has 0 radical (unpaired) electrons. The second-order valence-electron chi connectivity index (χ2n) is 3.14. The van der Waals surface area contributed by atoms with Crippen LogP contribution in [0, 0.1) is 11.3 Å². The summed E-state index contributed by atoms with van der Waals surface area (Å²) in [4.78, 5) is 3.83. The molecule has 0 spiro atoms. The van der Waals surface area contributed by atoms with E-state index in [0.29, 0.717) is 11.4 Å². The second-order valence-corrected chi connectivity index (χ2v) is 3.50. The monoisotopic (exact) mass is 209 g/mol. The van der Waals surface area contributed by atoms with Crippen LogP contribution in [-0.4, -0.2) is 11.1 Å². The average molecular weight is 210 g/mol. The lowest BCUT2D eigenvalue weighted by Gasteiger charge is -2.07. The minimum Gasteiger partial charge on any atom is -0.487 e. The van der Waals surface area contributed by atoms with Crippen LogP contribution >= 0.6 is 11.6 Å². The van der Waals surface area contributed by atoms with Gasteiger partial charge in [0.05, 0.1) is 11.8 Å². The molecule has 5 heteroatoms. The molecule has 1 aliphatic rings. The van der Waals surface area contributed by atoms with Crippen molar-refractivity contribution in [2.45, 2.75) is 18.9 Å². The van der Waals surface area contributed by atoms with Gasteiger partial charge in [0.2, 0.25) is 0 Å². The van der Waals surface area contributed by atoms with Crippen LogP contribution in [0.1, 0.15) is 18.5 Å². The predicted octanol–water partition coefficient (Wildman–Crippen LogP) is 1.73. The molecule has 0 atom stereocenters. The number of nitrogens with zero attached hydrogens (tertiary/aromatic N) is 2. The highest BCUT2D eigenvalue weighted by Gasteiger charge is 2.25. The van der Waals surface area contributed by atoms with Gasteiger partial charge in [0, 0.05) is 6.07 Å². The van der Waals surface area contributed by atoms with Gasteiger partial charge in [-0.1, -0.05) is 11.6 Å². The first-order chi connectivity index (χ1) is 6.70. The molecular formula is C9H8ClN3O. The van der Waals surface area contributed by atoms with E-state index in [1.165, 1.54) is 0 Å². The topological polar surface area (TPSA) is 71.9 Å². The van der Waals surface area contributed by atoms with E-state index in [4.69, 9.17) is 27.3 Å². The number of pyridine rings is 1. The molecule has 1 aromatic rings. The fourth-order valence-electron chi connectivity index (χ4n) is 1.02. The lowest BCUT2D eigenvalue weighted by Crippen LogP contribution is -2.01. The van der Waals surface area contributed by atoms with Gasteiger partial charge in [-0.05, 0) is 12.8 Å². The fourth-order valence-corrected chi connectivity index (χ4v) is 1.21. The Morgan fingerprint density at radius 3 is 2.93 bits per heavy atom. The molecule has 14 heavy (non-hydrogen) atoms. The van der Waals surface area contributed by atoms with Crippen LogP contribution < -0.4 is 10.5 Å². The van der Waals surface area contributed by atoms with E-state index in [1.54, 1.807) is 6.07 Å². The first-order valence-electron chi connectivity index (χ1n) is 4.23. The number of hydrogen-bond acceptors (Lipinski definition) is 4.